The second kappa shape index (κ2) is 6.93. The molecule has 1 amide bonds. The number of para-hydroxylation sites is 1. The quantitative estimate of drug-likeness (QED) is 0.549. The number of allylic oxidation sites excluding steroid dienone is 1. The summed E-state index contributed by atoms with van der Waals surface area (Å²) < 4.78 is 5.19. The van der Waals surface area contributed by atoms with E-state index >= 15 is 0 Å². The summed E-state index contributed by atoms with van der Waals surface area (Å²) in [5, 5.41) is 8.14. The van der Waals surface area contributed by atoms with Gasteiger partial charge in [0.25, 0.3) is 5.91 Å². The van der Waals surface area contributed by atoms with Gasteiger partial charge < -0.3 is 15.8 Å². The molecule has 0 aliphatic rings. The molecule has 0 aliphatic carbocycles. The first-order chi connectivity index (χ1) is 8.60. The van der Waals surface area contributed by atoms with Gasteiger partial charge in [-0.3, -0.25) is 9.93 Å². The molecule has 0 fully saturated rings. The molecule has 0 saturated heterocycles. The van der Waals surface area contributed by atoms with Gasteiger partial charge in [-0.25, -0.2) is 0 Å². The number of amides is 1. The Balaban J connectivity index is 2.71. The molecule has 0 unspecified atom stereocenters. The van der Waals surface area contributed by atoms with Crippen LogP contribution in [0.5, 0.6) is 5.75 Å². The van der Waals surface area contributed by atoms with Gasteiger partial charge in [0.15, 0.2) is 0 Å². The average Bonchev–Trinajstić information content (AvgIpc) is 2.37. The number of nitrogens with one attached hydrogen (secondary N) is 1. The number of benzene rings is 1. The van der Waals surface area contributed by atoms with Crippen LogP contribution < -0.4 is 20.9 Å². The van der Waals surface area contributed by atoms with Crippen molar-refractivity contribution in [2.24, 2.45) is 10.9 Å². The van der Waals surface area contributed by atoms with Crippen molar-refractivity contribution in [3.05, 3.63) is 40.4 Å². The lowest BCUT2D eigenvalue weighted by Crippen LogP contribution is -2.26. The highest BCUT2D eigenvalue weighted by Gasteiger charge is 2.11. The van der Waals surface area contributed by atoms with Crippen LogP contribution >= 0.6 is 11.9 Å². The molecule has 0 aliphatic heterocycles. The van der Waals surface area contributed by atoms with E-state index in [0.717, 1.165) is 23.3 Å². The van der Waals surface area contributed by atoms with E-state index in [1.54, 1.807) is 14.0 Å². The first-order valence-electron chi connectivity index (χ1n) is 5.33. The summed E-state index contributed by atoms with van der Waals surface area (Å²) in [6, 6.07) is 7.47. The van der Waals surface area contributed by atoms with Gasteiger partial charge >= 0.3 is 0 Å². The summed E-state index contributed by atoms with van der Waals surface area (Å²) in [4.78, 5) is 12.1. The Morgan fingerprint density at radius 2 is 2.11 bits per heavy atom. The second-order valence-electron chi connectivity index (χ2n) is 3.62. The molecule has 0 aromatic heterocycles. The molecule has 0 atom stereocenters. The van der Waals surface area contributed by atoms with Crippen LogP contribution in [-0.2, 0) is 11.3 Å². The van der Waals surface area contributed by atoms with Gasteiger partial charge in [-0.15, -0.1) is 0 Å². The zero-order chi connectivity index (χ0) is 13.5. The molecule has 5 N–H and O–H groups in total. The molecule has 0 heterocycles. The van der Waals surface area contributed by atoms with Gasteiger partial charge in [0.2, 0.25) is 0 Å². The van der Waals surface area contributed by atoms with Crippen LogP contribution in [0.3, 0.4) is 0 Å². The Kier molecular flexibility index (Phi) is 5.54. The molecule has 1 aromatic rings. The highest BCUT2D eigenvalue weighted by molar-refractivity contribution is 8.01. The average molecular weight is 267 g/mol. The van der Waals surface area contributed by atoms with Gasteiger partial charge in [-0.1, -0.05) is 18.2 Å². The largest absolute Gasteiger partial charge is 0.496 e. The minimum atomic E-state index is -0.284. The molecule has 0 spiro atoms. The number of carbonyl (C=O) groups excluding carboxylic acids is 1. The van der Waals surface area contributed by atoms with Crippen molar-refractivity contribution < 1.29 is 9.53 Å². The van der Waals surface area contributed by atoms with E-state index in [9.17, 15) is 4.79 Å². The van der Waals surface area contributed by atoms with Gasteiger partial charge in [-0.05, 0) is 24.9 Å². The SMILES string of the molecule is COc1ccccc1CNC(=O)/C(SN)=C(\C)N. The van der Waals surface area contributed by atoms with E-state index in [1.165, 1.54) is 0 Å². The highest BCUT2D eigenvalue weighted by atomic mass is 32.2. The molecule has 5 nitrogen and oxygen atoms in total. The molecule has 98 valence electrons. The lowest BCUT2D eigenvalue weighted by molar-refractivity contribution is -0.117. The van der Waals surface area contributed by atoms with E-state index in [2.05, 4.69) is 5.32 Å². The summed E-state index contributed by atoms with van der Waals surface area (Å²) in [7, 11) is 1.59. The Morgan fingerprint density at radius 1 is 1.44 bits per heavy atom. The van der Waals surface area contributed by atoms with Crippen molar-refractivity contribution >= 4 is 17.9 Å². The van der Waals surface area contributed by atoms with Crippen molar-refractivity contribution in [3.63, 3.8) is 0 Å². The van der Waals surface area contributed by atoms with Crippen LogP contribution in [0.1, 0.15) is 12.5 Å². The zero-order valence-corrected chi connectivity index (χ0v) is 11.2. The van der Waals surface area contributed by atoms with Crippen molar-refractivity contribution in [1.82, 2.24) is 5.32 Å². The number of rotatable bonds is 5. The van der Waals surface area contributed by atoms with Crippen LogP contribution in [0.15, 0.2) is 34.9 Å². The number of hydrogen-bond acceptors (Lipinski definition) is 5. The van der Waals surface area contributed by atoms with Crippen LogP contribution in [-0.4, -0.2) is 13.0 Å². The van der Waals surface area contributed by atoms with Crippen molar-refractivity contribution in [3.8, 4) is 5.75 Å². The van der Waals surface area contributed by atoms with Crippen molar-refractivity contribution in [2.75, 3.05) is 7.11 Å². The Morgan fingerprint density at radius 3 is 2.67 bits per heavy atom. The highest BCUT2D eigenvalue weighted by Crippen LogP contribution is 2.17. The Labute approximate surface area is 111 Å². The Hall–Kier alpha value is -1.66. The fraction of sp³-hybridized carbons (Fsp3) is 0.250. The summed E-state index contributed by atoms with van der Waals surface area (Å²) in [6.45, 7) is 2.00. The first kappa shape index (κ1) is 14.4. The minimum Gasteiger partial charge on any atom is -0.496 e. The third kappa shape index (κ3) is 3.68. The lowest BCUT2D eigenvalue weighted by Gasteiger charge is -2.10. The maximum atomic E-state index is 11.8. The van der Waals surface area contributed by atoms with Crippen LogP contribution in [0.25, 0.3) is 0 Å². The van der Waals surface area contributed by atoms with E-state index in [-0.39, 0.29) is 5.91 Å². The molecular formula is C12H17N3O2S. The maximum absolute atomic E-state index is 11.8. The van der Waals surface area contributed by atoms with Crippen LogP contribution in [0, 0.1) is 0 Å². The first-order valence-corrected chi connectivity index (χ1v) is 6.21. The fourth-order valence-corrected chi connectivity index (χ4v) is 1.80. The molecule has 6 heteroatoms. The van der Waals surface area contributed by atoms with Crippen LogP contribution in [0.4, 0.5) is 0 Å². The second-order valence-corrected chi connectivity index (χ2v) is 4.27. The maximum Gasteiger partial charge on any atom is 0.261 e. The predicted octanol–water partition coefficient (Wildman–Crippen LogP) is 1.11. The monoisotopic (exact) mass is 267 g/mol. The van der Waals surface area contributed by atoms with Crippen molar-refractivity contribution in [1.29, 1.82) is 0 Å². The normalized spacial score (nSPS) is 11.7. The van der Waals surface area contributed by atoms with Crippen LogP contribution in [0.2, 0.25) is 0 Å². The Bertz CT molecular complexity index is 456. The van der Waals surface area contributed by atoms with Gasteiger partial charge in [0.1, 0.15) is 10.7 Å². The summed E-state index contributed by atoms with van der Waals surface area (Å²) in [5.41, 5.74) is 6.86. The number of hydrogen-bond donors (Lipinski definition) is 3. The van der Waals surface area contributed by atoms with Gasteiger partial charge in [0.05, 0.1) is 7.11 Å². The number of methoxy groups -OCH3 is 1. The molecule has 0 saturated carbocycles. The molecule has 0 radical (unpaired) electrons. The topological polar surface area (TPSA) is 90.4 Å². The summed E-state index contributed by atoms with van der Waals surface area (Å²) >= 11 is 0.843. The third-order valence-electron chi connectivity index (χ3n) is 2.31. The van der Waals surface area contributed by atoms with E-state index in [4.69, 9.17) is 15.6 Å². The molecular weight excluding hydrogens is 250 g/mol. The molecule has 0 bridgehead atoms. The summed E-state index contributed by atoms with van der Waals surface area (Å²) in [6.07, 6.45) is 0. The standard InChI is InChI=1S/C12H17N3O2S/c1-8(13)11(18-14)12(16)15-7-9-5-3-4-6-10(9)17-2/h3-6H,7,13-14H2,1-2H3,(H,15,16)/b11-8-. The van der Waals surface area contributed by atoms with Gasteiger partial charge in [0, 0.05) is 17.8 Å². The fourth-order valence-electron chi connectivity index (χ4n) is 1.43. The number of nitrogens with two attached hydrogens (primary N) is 2. The van der Waals surface area contributed by atoms with Gasteiger partial charge in [-0.2, -0.15) is 0 Å². The minimum absolute atomic E-state index is 0.284. The molecule has 1 aromatic carbocycles. The third-order valence-corrected chi connectivity index (χ3v) is 3.06. The van der Waals surface area contributed by atoms with E-state index in [0.29, 0.717) is 17.1 Å². The number of ether oxygens (including phenoxy) is 1. The summed E-state index contributed by atoms with van der Waals surface area (Å²) in [5.74, 6) is 0.446. The lowest BCUT2D eigenvalue weighted by atomic mass is 10.2. The molecule has 1 rings (SSSR count). The van der Waals surface area contributed by atoms with E-state index in [1.807, 2.05) is 24.3 Å². The zero-order valence-electron chi connectivity index (χ0n) is 10.4. The van der Waals surface area contributed by atoms with Crippen molar-refractivity contribution in [2.45, 2.75) is 13.5 Å². The number of carbonyl (C=O) groups is 1. The smallest absolute Gasteiger partial charge is 0.261 e. The van der Waals surface area contributed by atoms with E-state index < -0.39 is 0 Å². The molecule has 18 heavy (non-hydrogen) atoms. The predicted molar refractivity (Wildman–Crippen MR) is 73.5 cm³/mol.